The van der Waals surface area contributed by atoms with Crippen LogP contribution in [0.2, 0.25) is 0 Å². The van der Waals surface area contributed by atoms with Crippen LogP contribution in [0, 0.1) is 0 Å². The van der Waals surface area contributed by atoms with Gasteiger partial charge in [0, 0.05) is 10.9 Å². The second-order valence-electron chi connectivity index (χ2n) is 4.54. The van der Waals surface area contributed by atoms with Gasteiger partial charge in [-0.15, -0.1) is 0 Å². The number of allylic oxidation sites excluding steroid dienone is 1. The Kier molecular flexibility index (Phi) is 3.69. The molecule has 0 saturated heterocycles. The molecular weight excluding hydrogens is 300 g/mol. The molecule has 2 aromatic carbocycles. The van der Waals surface area contributed by atoms with Gasteiger partial charge in [-0.1, -0.05) is 64.5 Å². The summed E-state index contributed by atoms with van der Waals surface area (Å²) in [6.45, 7) is 0.638. The zero-order valence-corrected chi connectivity index (χ0v) is 12.2. The highest BCUT2D eigenvalue weighted by Crippen LogP contribution is 2.36. The number of hydrogen-bond donors (Lipinski definition) is 0. The zero-order chi connectivity index (χ0) is 13.1. The largest absolute Gasteiger partial charge is 0.488 e. The van der Waals surface area contributed by atoms with Crippen molar-refractivity contribution >= 4 is 21.5 Å². The summed E-state index contributed by atoms with van der Waals surface area (Å²) < 4.78 is 5.93. The predicted molar refractivity (Wildman–Crippen MR) is 82.7 cm³/mol. The van der Waals surface area contributed by atoms with E-state index in [-0.39, 0.29) is 0 Å². The smallest absolute Gasteiger partial charge is 0.127 e. The quantitative estimate of drug-likeness (QED) is 0.724. The molecule has 0 aliphatic carbocycles. The maximum absolute atomic E-state index is 5.93. The van der Waals surface area contributed by atoms with Gasteiger partial charge in [0.2, 0.25) is 0 Å². The fourth-order valence-electron chi connectivity index (χ4n) is 2.44. The van der Waals surface area contributed by atoms with Crippen LogP contribution in [-0.2, 0) is 6.61 Å². The van der Waals surface area contributed by atoms with Gasteiger partial charge in [0.1, 0.15) is 12.4 Å². The minimum atomic E-state index is 0.638. The topological polar surface area (TPSA) is 9.23 Å². The Hall–Kier alpha value is -1.54. The molecule has 0 N–H and O–H groups in total. The van der Waals surface area contributed by atoms with E-state index in [1.165, 1.54) is 22.3 Å². The van der Waals surface area contributed by atoms with E-state index >= 15 is 0 Å². The van der Waals surface area contributed by atoms with E-state index in [4.69, 9.17) is 4.74 Å². The lowest BCUT2D eigenvalue weighted by Crippen LogP contribution is -1.94. The van der Waals surface area contributed by atoms with Gasteiger partial charge in [0.25, 0.3) is 0 Å². The van der Waals surface area contributed by atoms with E-state index in [0.717, 1.165) is 17.5 Å². The minimum absolute atomic E-state index is 0.638. The number of benzene rings is 2. The lowest BCUT2D eigenvalue weighted by Gasteiger charge is -2.09. The van der Waals surface area contributed by atoms with E-state index in [9.17, 15) is 0 Å². The van der Waals surface area contributed by atoms with Gasteiger partial charge in [-0.2, -0.15) is 0 Å². The fraction of sp³-hybridized carbons (Fsp3) is 0.176. The van der Waals surface area contributed by atoms with Crippen LogP contribution in [0.5, 0.6) is 5.75 Å². The van der Waals surface area contributed by atoms with E-state index in [0.29, 0.717) is 6.61 Å². The number of alkyl halides is 1. The second kappa shape index (κ2) is 5.62. The molecule has 0 bridgehead atoms. The Labute approximate surface area is 122 Å². The number of rotatable bonds is 2. The average Bonchev–Trinajstić information content (AvgIpc) is 2.62. The summed E-state index contributed by atoms with van der Waals surface area (Å²) in [6, 6.07) is 16.8. The molecule has 1 aliphatic rings. The Morgan fingerprint density at radius 3 is 2.58 bits per heavy atom. The fourth-order valence-corrected chi connectivity index (χ4v) is 2.67. The maximum Gasteiger partial charge on any atom is 0.127 e. The third-order valence-electron chi connectivity index (χ3n) is 3.33. The molecule has 0 saturated carbocycles. The number of ether oxygens (including phenoxy) is 1. The van der Waals surface area contributed by atoms with Crippen molar-refractivity contribution in [2.75, 3.05) is 5.33 Å². The Morgan fingerprint density at radius 1 is 1.00 bits per heavy atom. The summed E-state index contributed by atoms with van der Waals surface area (Å²) in [5, 5.41) is 0.974. The highest BCUT2D eigenvalue weighted by Gasteiger charge is 2.17. The van der Waals surface area contributed by atoms with Crippen molar-refractivity contribution in [2.45, 2.75) is 13.0 Å². The molecule has 0 amide bonds. The number of halogens is 1. The van der Waals surface area contributed by atoms with Gasteiger partial charge >= 0.3 is 0 Å². The molecule has 0 aromatic heterocycles. The second-order valence-corrected chi connectivity index (χ2v) is 5.33. The monoisotopic (exact) mass is 314 g/mol. The van der Waals surface area contributed by atoms with Gasteiger partial charge in [-0.25, -0.2) is 0 Å². The van der Waals surface area contributed by atoms with E-state index in [1.54, 1.807) is 0 Å². The Morgan fingerprint density at radius 2 is 1.74 bits per heavy atom. The summed E-state index contributed by atoms with van der Waals surface area (Å²) >= 11 is 3.50. The Balaban J connectivity index is 2.19. The van der Waals surface area contributed by atoms with Crippen LogP contribution in [0.1, 0.15) is 23.1 Å². The molecule has 3 rings (SSSR count). The molecule has 2 heteroatoms. The highest BCUT2D eigenvalue weighted by molar-refractivity contribution is 9.09. The molecule has 0 fully saturated rings. The third-order valence-corrected chi connectivity index (χ3v) is 3.78. The lowest BCUT2D eigenvalue weighted by atomic mass is 9.94. The van der Waals surface area contributed by atoms with Crippen LogP contribution in [0.3, 0.4) is 0 Å². The molecule has 0 radical (unpaired) electrons. The van der Waals surface area contributed by atoms with Crippen molar-refractivity contribution in [1.29, 1.82) is 0 Å². The van der Waals surface area contributed by atoms with Crippen LogP contribution in [0.25, 0.3) is 5.57 Å². The summed E-state index contributed by atoms with van der Waals surface area (Å²) in [6.07, 6.45) is 3.30. The SMILES string of the molecule is BrCCC=C1c2ccccc2COc2ccccc21. The highest BCUT2D eigenvalue weighted by atomic mass is 79.9. The first kappa shape index (κ1) is 12.5. The molecule has 1 aliphatic heterocycles. The standard InChI is InChI=1S/C17H15BrO/c18-11-5-9-15-14-7-2-1-6-13(14)12-19-17-10-4-3-8-16(15)17/h1-4,6-10H,5,11-12H2. The minimum Gasteiger partial charge on any atom is -0.488 e. The molecule has 96 valence electrons. The van der Waals surface area contributed by atoms with Crippen LogP contribution >= 0.6 is 15.9 Å². The normalized spacial score (nSPS) is 15.3. The van der Waals surface area contributed by atoms with Gasteiger partial charge < -0.3 is 4.74 Å². The third kappa shape index (κ3) is 2.45. The number of fused-ring (bicyclic) bond motifs is 2. The van der Waals surface area contributed by atoms with Gasteiger partial charge in [-0.3, -0.25) is 0 Å². The summed E-state index contributed by atoms with van der Waals surface area (Å²) in [5.41, 5.74) is 5.00. The van der Waals surface area contributed by atoms with Crippen molar-refractivity contribution in [1.82, 2.24) is 0 Å². The summed E-state index contributed by atoms with van der Waals surface area (Å²) in [4.78, 5) is 0. The van der Waals surface area contributed by atoms with Crippen molar-refractivity contribution in [2.24, 2.45) is 0 Å². The molecule has 0 unspecified atom stereocenters. The van der Waals surface area contributed by atoms with Gasteiger partial charge in [0.15, 0.2) is 0 Å². The average molecular weight is 315 g/mol. The van der Waals surface area contributed by atoms with Gasteiger partial charge in [-0.05, 0) is 29.2 Å². The van der Waals surface area contributed by atoms with Crippen LogP contribution in [0.4, 0.5) is 0 Å². The van der Waals surface area contributed by atoms with Crippen molar-refractivity contribution in [3.8, 4) is 5.75 Å². The number of hydrogen-bond acceptors (Lipinski definition) is 1. The molecule has 1 heterocycles. The van der Waals surface area contributed by atoms with Crippen LogP contribution in [-0.4, -0.2) is 5.33 Å². The van der Waals surface area contributed by atoms with Crippen molar-refractivity contribution in [3.63, 3.8) is 0 Å². The van der Waals surface area contributed by atoms with Crippen LogP contribution < -0.4 is 4.74 Å². The van der Waals surface area contributed by atoms with E-state index in [2.05, 4.69) is 58.4 Å². The summed E-state index contributed by atoms with van der Waals surface area (Å²) in [5.74, 6) is 0.972. The molecule has 19 heavy (non-hydrogen) atoms. The predicted octanol–water partition coefficient (Wildman–Crippen LogP) is 4.80. The summed E-state index contributed by atoms with van der Waals surface area (Å²) in [7, 11) is 0. The first-order chi connectivity index (χ1) is 9.40. The lowest BCUT2D eigenvalue weighted by molar-refractivity contribution is 0.307. The molecule has 0 atom stereocenters. The molecule has 0 spiro atoms. The van der Waals surface area contributed by atoms with E-state index in [1.807, 2.05) is 12.1 Å². The zero-order valence-electron chi connectivity index (χ0n) is 10.6. The molecular formula is C17H15BrO. The molecule has 1 nitrogen and oxygen atoms in total. The first-order valence-electron chi connectivity index (χ1n) is 6.47. The molecule has 2 aromatic rings. The van der Waals surface area contributed by atoms with Crippen LogP contribution in [0.15, 0.2) is 54.6 Å². The van der Waals surface area contributed by atoms with Crippen molar-refractivity contribution < 1.29 is 4.74 Å². The van der Waals surface area contributed by atoms with Crippen molar-refractivity contribution in [3.05, 3.63) is 71.3 Å². The maximum atomic E-state index is 5.93. The number of para-hydroxylation sites is 1. The van der Waals surface area contributed by atoms with E-state index < -0.39 is 0 Å². The Bertz CT molecular complexity index is 567. The van der Waals surface area contributed by atoms with Gasteiger partial charge in [0.05, 0.1) is 0 Å². The first-order valence-corrected chi connectivity index (χ1v) is 7.59.